The van der Waals surface area contributed by atoms with Gasteiger partial charge >= 0.3 is 5.97 Å². The molecule has 1 unspecified atom stereocenters. The fraction of sp³-hybridized carbons (Fsp3) is 0.600. The molecule has 6 heteroatoms. The third kappa shape index (κ3) is 6.33. The molecular weight excluding hydrogens is 336 g/mol. The van der Waals surface area contributed by atoms with Gasteiger partial charge in [-0.25, -0.2) is 0 Å². The van der Waals surface area contributed by atoms with Crippen LogP contribution in [0.2, 0.25) is 0 Å². The van der Waals surface area contributed by atoms with E-state index in [9.17, 15) is 9.59 Å². The summed E-state index contributed by atoms with van der Waals surface area (Å²) in [7, 11) is 0. The Labute approximate surface area is 133 Å². The van der Waals surface area contributed by atoms with Crippen molar-refractivity contribution < 1.29 is 14.7 Å². The normalized spacial score (nSPS) is 13.0. The van der Waals surface area contributed by atoms with Gasteiger partial charge < -0.3 is 15.4 Å². The number of carbonyl (C=O) groups is 2. The van der Waals surface area contributed by atoms with Gasteiger partial charge in [0.1, 0.15) is 5.69 Å². The predicted octanol–water partition coefficient (Wildman–Crippen LogP) is 3.42. The summed E-state index contributed by atoms with van der Waals surface area (Å²) in [4.78, 5) is 25.5. The highest BCUT2D eigenvalue weighted by atomic mass is 79.9. The molecule has 0 aliphatic rings. The van der Waals surface area contributed by atoms with Gasteiger partial charge in [-0.1, -0.05) is 20.8 Å². The monoisotopic (exact) mass is 358 g/mol. The quantitative estimate of drug-likeness (QED) is 0.698. The van der Waals surface area contributed by atoms with Crippen molar-refractivity contribution >= 4 is 27.8 Å². The predicted molar refractivity (Wildman–Crippen MR) is 85.3 cm³/mol. The van der Waals surface area contributed by atoms with E-state index in [0.717, 1.165) is 10.9 Å². The zero-order chi connectivity index (χ0) is 16.0. The Hall–Kier alpha value is -1.30. The Balaban J connectivity index is 2.46. The summed E-state index contributed by atoms with van der Waals surface area (Å²) in [5.74, 6) is -0.666. The third-order valence-corrected chi connectivity index (χ3v) is 4.06. The molecule has 0 spiro atoms. The van der Waals surface area contributed by atoms with Crippen LogP contribution < -0.4 is 5.32 Å². The molecule has 3 N–H and O–H groups in total. The van der Waals surface area contributed by atoms with E-state index >= 15 is 0 Å². The van der Waals surface area contributed by atoms with Crippen LogP contribution in [0, 0.1) is 11.3 Å². The lowest BCUT2D eigenvalue weighted by Gasteiger charge is -2.30. The van der Waals surface area contributed by atoms with Gasteiger partial charge in [0, 0.05) is 23.6 Å². The summed E-state index contributed by atoms with van der Waals surface area (Å²) < 4.78 is 0.835. The number of carboxylic acid groups (broad SMARTS) is 1. The van der Waals surface area contributed by atoms with Crippen LogP contribution in [0.5, 0.6) is 0 Å². The van der Waals surface area contributed by atoms with Crippen molar-refractivity contribution in [3.05, 3.63) is 22.4 Å². The number of aliphatic carboxylic acids is 1. The first-order valence-electron chi connectivity index (χ1n) is 7.04. The molecule has 0 bridgehead atoms. The van der Waals surface area contributed by atoms with Crippen molar-refractivity contribution in [2.75, 3.05) is 6.54 Å². The minimum Gasteiger partial charge on any atom is -0.481 e. The number of halogens is 1. The van der Waals surface area contributed by atoms with Gasteiger partial charge in [0.05, 0.1) is 0 Å². The minimum atomic E-state index is -0.774. The van der Waals surface area contributed by atoms with Gasteiger partial charge in [-0.2, -0.15) is 0 Å². The van der Waals surface area contributed by atoms with Gasteiger partial charge in [-0.05, 0) is 46.2 Å². The van der Waals surface area contributed by atoms with Crippen molar-refractivity contribution in [2.45, 2.75) is 40.0 Å². The van der Waals surface area contributed by atoms with Crippen LogP contribution in [0.1, 0.15) is 50.5 Å². The molecule has 1 aromatic rings. The van der Waals surface area contributed by atoms with Crippen LogP contribution in [0.15, 0.2) is 16.7 Å². The molecule has 0 saturated carbocycles. The van der Waals surface area contributed by atoms with E-state index in [1.165, 1.54) is 0 Å². The van der Waals surface area contributed by atoms with E-state index in [1.54, 1.807) is 12.3 Å². The first-order valence-corrected chi connectivity index (χ1v) is 7.83. The van der Waals surface area contributed by atoms with Gasteiger partial charge in [0.2, 0.25) is 0 Å². The van der Waals surface area contributed by atoms with Crippen LogP contribution >= 0.6 is 15.9 Å². The topological polar surface area (TPSA) is 82.2 Å². The Morgan fingerprint density at radius 3 is 2.52 bits per heavy atom. The van der Waals surface area contributed by atoms with Crippen LogP contribution in [0.3, 0.4) is 0 Å². The lowest BCUT2D eigenvalue weighted by Crippen LogP contribution is -2.30. The summed E-state index contributed by atoms with van der Waals surface area (Å²) in [5.41, 5.74) is 0.537. The van der Waals surface area contributed by atoms with Crippen LogP contribution in [-0.2, 0) is 4.79 Å². The second kappa shape index (κ2) is 7.64. The van der Waals surface area contributed by atoms with Gasteiger partial charge in [0.25, 0.3) is 5.91 Å². The molecule has 1 aromatic heterocycles. The van der Waals surface area contributed by atoms with Crippen LogP contribution in [0.4, 0.5) is 0 Å². The number of hydrogen-bond donors (Lipinski definition) is 3. The van der Waals surface area contributed by atoms with Crippen molar-refractivity contribution in [1.82, 2.24) is 10.3 Å². The van der Waals surface area contributed by atoms with E-state index in [1.807, 2.05) is 0 Å². The average molecular weight is 359 g/mol. The Kier molecular flexibility index (Phi) is 6.45. The zero-order valence-electron chi connectivity index (χ0n) is 12.7. The van der Waals surface area contributed by atoms with Crippen molar-refractivity contribution in [2.24, 2.45) is 11.3 Å². The Morgan fingerprint density at radius 1 is 1.38 bits per heavy atom. The lowest BCUT2D eigenvalue weighted by atomic mass is 9.76. The van der Waals surface area contributed by atoms with Gasteiger partial charge in [-0.3, -0.25) is 9.59 Å². The maximum atomic E-state index is 11.9. The van der Waals surface area contributed by atoms with Crippen molar-refractivity contribution in [3.63, 3.8) is 0 Å². The maximum absolute atomic E-state index is 11.9. The number of carbonyl (C=O) groups excluding carboxylic acids is 1. The fourth-order valence-corrected chi connectivity index (χ4v) is 2.61. The summed E-state index contributed by atoms with van der Waals surface area (Å²) in [6, 6.07) is 1.72. The van der Waals surface area contributed by atoms with E-state index in [0.29, 0.717) is 18.7 Å². The zero-order valence-corrected chi connectivity index (χ0v) is 14.3. The number of aromatic amines is 1. The Bertz CT molecular complexity index is 491. The molecule has 1 rings (SSSR count). The van der Waals surface area contributed by atoms with E-state index in [-0.39, 0.29) is 23.7 Å². The van der Waals surface area contributed by atoms with Crippen molar-refractivity contribution in [1.29, 1.82) is 0 Å². The molecule has 118 valence electrons. The number of nitrogens with one attached hydrogen (secondary N) is 2. The second-order valence-corrected chi connectivity index (χ2v) is 7.19. The number of rotatable bonds is 7. The van der Waals surface area contributed by atoms with E-state index in [2.05, 4.69) is 47.0 Å². The largest absolute Gasteiger partial charge is 0.481 e. The number of amides is 1. The average Bonchev–Trinajstić information content (AvgIpc) is 2.78. The van der Waals surface area contributed by atoms with Gasteiger partial charge in [0.15, 0.2) is 0 Å². The maximum Gasteiger partial charge on any atom is 0.303 e. The standard InChI is InChI=1S/C15H23BrN2O3/c1-15(2,3)10(4-5-13(19)20)6-7-17-14(21)12-8-11(16)9-18-12/h8-10,18H,4-7H2,1-3H3,(H,17,21)(H,19,20). The molecule has 1 heterocycles. The van der Waals surface area contributed by atoms with Gasteiger partial charge in [-0.15, -0.1) is 0 Å². The summed E-state index contributed by atoms with van der Waals surface area (Å²) in [6.45, 7) is 6.84. The van der Waals surface area contributed by atoms with Crippen LogP contribution in [0.25, 0.3) is 0 Å². The van der Waals surface area contributed by atoms with Crippen molar-refractivity contribution in [3.8, 4) is 0 Å². The molecule has 0 radical (unpaired) electrons. The third-order valence-electron chi connectivity index (χ3n) is 3.60. The minimum absolute atomic E-state index is 0.0235. The number of carboxylic acids is 1. The summed E-state index contributed by atoms with van der Waals surface area (Å²) >= 11 is 3.29. The molecule has 21 heavy (non-hydrogen) atoms. The first kappa shape index (κ1) is 17.8. The second-order valence-electron chi connectivity index (χ2n) is 6.27. The Morgan fingerprint density at radius 2 is 2.05 bits per heavy atom. The highest BCUT2D eigenvalue weighted by Gasteiger charge is 2.25. The summed E-state index contributed by atoms with van der Waals surface area (Å²) in [5, 5.41) is 11.7. The van der Waals surface area contributed by atoms with E-state index < -0.39 is 5.97 Å². The molecule has 0 aromatic carbocycles. The van der Waals surface area contributed by atoms with E-state index in [4.69, 9.17) is 5.11 Å². The van der Waals surface area contributed by atoms with Crippen LogP contribution in [-0.4, -0.2) is 28.5 Å². The smallest absolute Gasteiger partial charge is 0.303 e. The molecule has 1 atom stereocenters. The number of aromatic nitrogens is 1. The first-order chi connectivity index (χ1) is 9.70. The number of H-pyrrole nitrogens is 1. The molecular formula is C15H23BrN2O3. The number of hydrogen-bond acceptors (Lipinski definition) is 2. The summed E-state index contributed by atoms with van der Waals surface area (Å²) in [6.07, 6.45) is 3.27. The molecule has 0 aliphatic carbocycles. The fourth-order valence-electron chi connectivity index (χ4n) is 2.26. The molecule has 1 amide bonds. The highest BCUT2D eigenvalue weighted by Crippen LogP contribution is 2.32. The lowest BCUT2D eigenvalue weighted by molar-refractivity contribution is -0.137. The molecule has 0 fully saturated rings. The molecule has 5 nitrogen and oxygen atoms in total. The molecule has 0 saturated heterocycles. The molecule has 0 aliphatic heterocycles. The SMILES string of the molecule is CC(C)(C)C(CCNC(=O)c1cc(Br)c[nH]1)CCC(=O)O. The highest BCUT2D eigenvalue weighted by molar-refractivity contribution is 9.10.